The molecule has 2 aromatic rings. The summed E-state index contributed by atoms with van der Waals surface area (Å²) in [6.45, 7) is 5.14. The van der Waals surface area contributed by atoms with Gasteiger partial charge in [0.2, 0.25) is 5.91 Å². The minimum atomic E-state index is -0.265. The number of hydrogen-bond donors (Lipinski definition) is 2. The molecule has 0 radical (unpaired) electrons. The third-order valence-electron chi connectivity index (χ3n) is 4.47. The predicted octanol–water partition coefficient (Wildman–Crippen LogP) is 2.74. The molecule has 0 spiro atoms. The lowest BCUT2D eigenvalue weighted by atomic mass is 10.1. The third-order valence-corrected chi connectivity index (χ3v) is 4.47. The summed E-state index contributed by atoms with van der Waals surface area (Å²) in [5.74, 6) is 0.606. The second kappa shape index (κ2) is 9.32. The minimum absolute atomic E-state index is 0.0714. The van der Waals surface area contributed by atoms with Crippen LogP contribution in [0.4, 0.5) is 0 Å². The van der Waals surface area contributed by atoms with E-state index in [1.807, 2.05) is 36.9 Å². The Bertz CT molecular complexity index is 756. The molecular formula is C19H28N4O2. The summed E-state index contributed by atoms with van der Waals surface area (Å²) >= 11 is 0. The van der Waals surface area contributed by atoms with Gasteiger partial charge in [-0.15, -0.1) is 0 Å². The number of nitrogens with one attached hydrogen (secondary N) is 1. The number of amides is 1. The Morgan fingerprint density at radius 2 is 1.96 bits per heavy atom. The van der Waals surface area contributed by atoms with Gasteiger partial charge in [0.25, 0.3) is 5.56 Å². The lowest BCUT2D eigenvalue weighted by molar-refractivity contribution is -0.133. The van der Waals surface area contributed by atoms with E-state index in [1.165, 1.54) is 0 Å². The molecule has 1 heterocycles. The van der Waals surface area contributed by atoms with Crippen LogP contribution in [0.1, 0.15) is 57.8 Å². The second-order valence-corrected chi connectivity index (χ2v) is 6.29. The molecule has 1 amide bonds. The Balaban J connectivity index is 2.19. The van der Waals surface area contributed by atoms with Crippen LogP contribution in [0.15, 0.2) is 29.1 Å². The average molecular weight is 344 g/mol. The van der Waals surface area contributed by atoms with Gasteiger partial charge in [-0.05, 0) is 38.4 Å². The molecule has 6 nitrogen and oxygen atoms in total. The van der Waals surface area contributed by atoms with Crippen LogP contribution in [0.3, 0.4) is 0 Å². The minimum Gasteiger partial charge on any atom is -0.333 e. The molecule has 2 rings (SSSR count). The van der Waals surface area contributed by atoms with Gasteiger partial charge in [0.15, 0.2) is 0 Å². The van der Waals surface area contributed by atoms with E-state index in [9.17, 15) is 9.59 Å². The summed E-state index contributed by atoms with van der Waals surface area (Å²) in [7, 11) is 0. The molecule has 0 aliphatic heterocycles. The molecule has 6 heteroatoms. The quantitative estimate of drug-likeness (QED) is 0.684. The number of nitrogens with zero attached hydrogens (tertiary/aromatic N) is 2. The van der Waals surface area contributed by atoms with Crippen molar-refractivity contribution in [2.24, 2.45) is 5.73 Å². The summed E-state index contributed by atoms with van der Waals surface area (Å²) < 4.78 is 0. The van der Waals surface area contributed by atoms with Crippen LogP contribution in [0.2, 0.25) is 0 Å². The SMILES string of the molecule is CCC(=O)N(CCCCCCN)C(C)c1nc2ccccc2c(=O)[nH]1. The summed E-state index contributed by atoms with van der Waals surface area (Å²) in [6, 6.07) is 6.98. The van der Waals surface area contributed by atoms with Crippen molar-refractivity contribution in [1.82, 2.24) is 14.9 Å². The van der Waals surface area contributed by atoms with Gasteiger partial charge in [0.1, 0.15) is 5.82 Å². The number of H-pyrrole nitrogens is 1. The number of carbonyl (C=O) groups is 1. The zero-order valence-electron chi connectivity index (χ0n) is 15.1. The summed E-state index contributed by atoms with van der Waals surface area (Å²) in [4.78, 5) is 33.9. The number of benzene rings is 1. The molecule has 0 bridgehead atoms. The van der Waals surface area contributed by atoms with Gasteiger partial charge in [0.05, 0.1) is 16.9 Å². The van der Waals surface area contributed by atoms with Gasteiger partial charge in [-0.25, -0.2) is 4.98 Å². The number of carbonyl (C=O) groups excluding carboxylic acids is 1. The summed E-state index contributed by atoms with van der Waals surface area (Å²) in [6.07, 6.45) is 4.48. The van der Waals surface area contributed by atoms with Crippen LogP contribution >= 0.6 is 0 Å². The van der Waals surface area contributed by atoms with Gasteiger partial charge in [-0.3, -0.25) is 9.59 Å². The van der Waals surface area contributed by atoms with Gasteiger partial charge < -0.3 is 15.6 Å². The van der Waals surface area contributed by atoms with Gasteiger partial charge in [-0.1, -0.05) is 31.9 Å². The topological polar surface area (TPSA) is 92.1 Å². The molecule has 1 atom stereocenters. The number of rotatable bonds is 9. The first-order chi connectivity index (χ1) is 12.1. The first-order valence-electron chi connectivity index (χ1n) is 9.07. The van der Waals surface area contributed by atoms with E-state index in [4.69, 9.17) is 5.73 Å². The number of nitrogens with two attached hydrogens (primary N) is 1. The highest BCUT2D eigenvalue weighted by atomic mass is 16.2. The Hall–Kier alpha value is -2.21. The molecule has 1 unspecified atom stereocenters. The summed E-state index contributed by atoms with van der Waals surface area (Å²) in [5, 5.41) is 0.564. The highest BCUT2D eigenvalue weighted by molar-refractivity contribution is 5.78. The number of unbranched alkanes of at least 4 members (excludes halogenated alkanes) is 3. The van der Waals surface area contributed by atoms with Crippen molar-refractivity contribution >= 4 is 16.8 Å². The van der Waals surface area contributed by atoms with E-state index in [-0.39, 0.29) is 17.5 Å². The molecule has 3 N–H and O–H groups in total. The fourth-order valence-electron chi connectivity index (χ4n) is 2.97. The van der Waals surface area contributed by atoms with Crippen LogP contribution in [-0.4, -0.2) is 33.9 Å². The van der Waals surface area contributed by atoms with E-state index in [0.717, 1.165) is 25.7 Å². The van der Waals surface area contributed by atoms with Gasteiger partial charge >= 0.3 is 0 Å². The zero-order chi connectivity index (χ0) is 18.2. The molecule has 136 valence electrons. The van der Waals surface area contributed by atoms with E-state index >= 15 is 0 Å². The number of fused-ring (bicyclic) bond motifs is 1. The van der Waals surface area contributed by atoms with Crippen LogP contribution in [-0.2, 0) is 4.79 Å². The van der Waals surface area contributed by atoms with Crippen molar-refractivity contribution in [3.05, 3.63) is 40.4 Å². The highest BCUT2D eigenvalue weighted by Gasteiger charge is 2.22. The number of aromatic amines is 1. The smallest absolute Gasteiger partial charge is 0.258 e. The molecular weight excluding hydrogens is 316 g/mol. The highest BCUT2D eigenvalue weighted by Crippen LogP contribution is 2.19. The first kappa shape index (κ1) is 19.1. The zero-order valence-corrected chi connectivity index (χ0v) is 15.1. The number of aromatic nitrogens is 2. The molecule has 0 saturated carbocycles. The van der Waals surface area contributed by atoms with Gasteiger partial charge in [0, 0.05) is 13.0 Å². The Morgan fingerprint density at radius 1 is 1.24 bits per heavy atom. The molecule has 0 fully saturated rings. The Labute approximate surface area is 148 Å². The predicted molar refractivity (Wildman–Crippen MR) is 100 cm³/mol. The Kier molecular flexibility index (Phi) is 7.13. The van der Waals surface area contributed by atoms with E-state index < -0.39 is 0 Å². The number of hydrogen-bond acceptors (Lipinski definition) is 4. The third kappa shape index (κ3) is 4.89. The van der Waals surface area contributed by atoms with Crippen molar-refractivity contribution in [2.75, 3.05) is 13.1 Å². The van der Waals surface area contributed by atoms with Crippen molar-refractivity contribution in [2.45, 2.75) is 52.0 Å². The lowest BCUT2D eigenvalue weighted by Gasteiger charge is -2.28. The van der Waals surface area contributed by atoms with Gasteiger partial charge in [-0.2, -0.15) is 0 Å². The maximum Gasteiger partial charge on any atom is 0.258 e. The Morgan fingerprint density at radius 3 is 2.68 bits per heavy atom. The van der Waals surface area contributed by atoms with Crippen LogP contribution in [0, 0.1) is 0 Å². The van der Waals surface area contributed by atoms with Crippen LogP contribution in [0.25, 0.3) is 10.9 Å². The standard InChI is InChI=1S/C19H28N4O2/c1-3-17(24)23(13-9-5-4-8-12-20)14(2)18-21-16-11-7-6-10-15(16)19(25)22-18/h6-7,10-11,14H,3-5,8-9,12-13,20H2,1-2H3,(H,21,22,25). The average Bonchev–Trinajstić information content (AvgIpc) is 2.63. The fourth-order valence-corrected chi connectivity index (χ4v) is 2.97. The molecule has 1 aromatic heterocycles. The first-order valence-corrected chi connectivity index (χ1v) is 9.07. The normalized spacial score (nSPS) is 12.3. The van der Waals surface area contributed by atoms with Crippen molar-refractivity contribution in [3.8, 4) is 0 Å². The van der Waals surface area contributed by atoms with Crippen molar-refractivity contribution in [1.29, 1.82) is 0 Å². The molecule has 1 aromatic carbocycles. The van der Waals surface area contributed by atoms with Crippen molar-refractivity contribution in [3.63, 3.8) is 0 Å². The summed E-state index contributed by atoms with van der Waals surface area (Å²) in [5.41, 5.74) is 6.00. The molecule has 0 aliphatic carbocycles. The van der Waals surface area contributed by atoms with E-state index in [0.29, 0.717) is 36.2 Å². The molecule has 25 heavy (non-hydrogen) atoms. The maximum atomic E-state index is 12.4. The van der Waals surface area contributed by atoms with E-state index in [2.05, 4.69) is 9.97 Å². The second-order valence-electron chi connectivity index (χ2n) is 6.29. The molecule has 0 saturated heterocycles. The monoisotopic (exact) mass is 344 g/mol. The largest absolute Gasteiger partial charge is 0.333 e. The van der Waals surface area contributed by atoms with E-state index in [1.54, 1.807) is 6.07 Å². The van der Waals surface area contributed by atoms with Crippen LogP contribution in [0.5, 0.6) is 0 Å². The van der Waals surface area contributed by atoms with Crippen LogP contribution < -0.4 is 11.3 Å². The number of para-hydroxylation sites is 1. The maximum absolute atomic E-state index is 12.4. The molecule has 0 aliphatic rings. The lowest BCUT2D eigenvalue weighted by Crippen LogP contribution is -2.35. The fraction of sp³-hybridized carbons (Fsp3) is 0.526. The van der Waals surface area contributed by atoms with Crippen molar-refractivity contribution < 1.29 is 4.79 Å².